The standard InChI is InChI=1S/C10H10F5NO/c11-6-1-2-7(8(12)3-6)9(4-17)16-5-10(13,14)15/h1-3,9,16-17H,4-5H2. The van der Waals surface area contributed by atoms with Crippen LogP contribution < -0.4 is 5.32 Å². The molecule has 96 valence electrons. The van der Waals surface area contributed by atoms with Gasteiger partial charge in [0.05, 0.1) is 19.2 Å². The van der Waals surface area contributed by atoms with Gasteiger partial charge in [-0.1, -0.05) is 6.07 Å². The molecule has 1 aromatic carbocycles. The molecule has 0 saturated carbocycles. The lowest BCUT2D eigenvalue weighted by Crippen LogP contribution is -2.34. The molecule has 0 heterocycles. The number of alkyl halides is 3. The Hall–Kier alpha value is -1.21. The molecule has 0 fully saturated rings. The van der Waals surface area contributed by atoms with Crippen LogP contribution >= 0.6 is 0 Å². The highest BCUT2D eigenvalue weighted by atomic mass is 19.4. The van der Waals surface area contributed by atoms with E-state index >= 15 is 0 Å². The Balaban J connectivity index is 2.79. The fraction of sp³-hybridized carbons (Fsp3) is 0.400. The SMILES string of the molecule is OCC(NCC(F)(F)F)c1ccc(F)cc1F. The topological polar surface area (TPSA) is 32.3 Å². The van der Waals surface area contributed by atoms with Crippen LogP contribution in [-0.2, 0) is 0 Å². The third-order valence-electron chi connectivity index (χ3n) is 2.07. The Labute approximate surface area is 94.1 Å². The van der Waals surface area contributed by atoms with E-state index in [-0.39, 0.29) is 5.56 Å². The fourth-order valence-corrected chi connectivity index (χ4v) is 1.30. The molecule has 0 bridgehead atoms. The van der Waals surface area contributed by atoms with Crippen molar-refractivity contribution in [1.29, 1.82) is 0 Å². The molecule has 7 heteroatoms. The number of benzene rings is 1. The second-order valence-electron chi connectivity index (χ2n) is 3.40. The first-order valence-corrected chi connectivity index (χ1v) is 4.69. The molecule has 2 nitrogen and oxygen atoms in total. The van der Waals surface area contributed by atoms with Crippen LogP contribution in [0.3, 0.4) is 0 Å². The van der Waals surface area contributed by atoms with Gasteiger partial charge >= 0.3 is 6.18 Å². The Bertz CT molecular complexity index is 379. The molecule has 2 N–H and O–H groups in total. The Morgan fingerprint density at radius 3 is 2.35 bits per heavy atom. The second-order valence-corrected chi connectivity index (χ2v) is 3.40. The predicted octanol–water partition coefficient (Wildman–Crippen LogP) is 2.15. The summed E-state index contributed by atoms with van der Waals surface area (Å²) in [6, 6.07) is 1.23. The summed E-state index contributed by atoms with van der Waals surface area (Å²) in [4.78, 5) is 0. The van der Waals surface area contributed by atoms with Gasteiger partial charge < -0.3 is 5.11 Å². The van der Waals surface area contributed by atoms with Crippen LogP contribution in [0, 0.1) is 11.6 Å². The van der Waals surface area contributed by atoms with Gasteiger partial charge in [0.15, 0.2) is 0 Å². The second kappa shape index (κ2) is 5.42. The van der Waals surface area contributed by atoms with E-state index in [0.29, 0.717) is 6.07 Å². The van der Waals surface area contributed by atoms with Crippen LogP contribution in [0.15, 0.2) is 18.2 Å². The highest BCUT2D eigenvalue weighted by Crippen LogP contribution is 2.20. The van der Waals surface area contributed by atoms with Gasteiger partial charge in [0, 0.05) is 11.6 Å². The quantitative estimate of drug-likeness (QED) is 0.808. The first-order chi connectivity index (χ1) is 7.83. The number of hydrogen-bond donors (Lipinski definition) is 2. The van der Waals surface area contributed by atoms with E-state index in [1.54, 1.807) is 0 Å². The van der Waals surface area contributed by atoms with Crippen molar-refractivity contribution >= 4 is 0 Å². The molecule has 1 aromatic rings. The minimum absolute atomic E-state index is 0.210. The van der Waals surface area contributed by atoms with E-state index in [4.69, 9.17) is 5.11 Å². The molecule has 1 unspecified atom stereocenters. The summed E-state index contributed by atoms with van der Waals surface area (Å²) in [7, 11) is 0. The normalized spacial score (nSPS) is 13.8. The van der Waals surface area contributed by atoms with E-state index in [9.17, 15) is 22.0 Å². The van der Waals surface area contributed by atoms with Crippen LogP contribution in [0.4, 0.5) is 22.0 Å². The Kier molecular flexibility index (Phi) is 4.41. The van der Waals surface area contributed by atoms with Crippen molar-refractivity contribution in [2.75, 3.05) is 13.2 Å². The average Bonchev–Trinajstić information content (AvgIpc) is 2.19. The largest absolute Gasteiger partial charge is 0.401 e. The molecule has 17 heavy (non-hydrogen) atoms. The molecule has 0 radical (unpaired) electrons. The van der Waals surface area contributed by atoms with Crippen LogP contribution in [0.1, 0.15) is 11.6 Å². The summed E-state index contributed by atoms with van der Waals surface area (Å²) < 4.78 is 61.6. The maximum absolute atomic E-state index is 13.2. The van der Waals surface area contributed by atoms with Crippen molar-refractivity contribution in [3.63, 3.8) is 0 Å². The van der Waals surface area contributed by atoms with E-state index in [1.165, 1.54) is 0 Å². The minimum Gasteiger partial charge on any atom is -0.394 e. The lowest BCUT2D eigenvalue weighted by Gasteiger charge is -2.18. The van der Waals surface area contributed by atoms with Crippen LogP contribution in [-0.4, -0.2) is 24.4 Å². The summed E-state index contributed by atoms with van der Waals surface area (Å²) in [5.41, 5.74) is -0.210. The number of rotatable bonds is 4. The van der Waals surface area contributed by atoms with Crippen molar-refractivity contribution in [3.8, 4) is 0 Å². The molecule has 0 saturated heterocycles. The zero-order valence-corrected chi connectivity index (χ0v) is 8.56. The van der Waals surface area contributed by atoms with Crippen molar-refractivity contribution in [2.45, 2.75) is 12.2 Å². The third-order valence-corrected chi connectivity index (χ3v) is 2.07. The summed E-state index contributed by atoms with van der Waals surface area (Å²) in [5, 5.41) is 10.8. The van der Waals surface area contributed by atoms with Crippen LogP contribution in [0.5, 0.6) is 0 Å². The molecular weight excluding hydrogens is 245 g/mol. The molecule has 1 rings (SSSR count). The van der Waals surface area contributed by atoms with Gasteiger partial charge in [-0.2, -0.15) is 13.2 Å². The van der Waals surface area contributed by atoms with Crippen LogP contribution in [0.2, 0.25) is 0 Å². The van der Waals surface area contributed by atoms with Gasteiger partial charge in [0.2, 0.25) is 0 Å². The molecule has 0 amide bonds. The fourth-order valence-electron chi connectivity index (χ4n) is 1.30. The Morgan fingerprint density at radius 2 is 1.88 bits per heavy atom. The zero-order valence-electron chi connectivity index (χ0n) is 8.56. The minimum atomic E-state index is -4.47. The molecule has 1 atom stereocenters. The van der Waals surface area contributed by atoms with Crippen molar-refractivity contribution in [3.05, 3.63) is 35.4 Å². The number of halogens is 5. The Morgan fingerprint density at radius 1 is 1.24 bits per heavy atom. The van der Waals surface area contributed by atoms with Crippen molar-refractivity contribution < 1.29 is 27.1 Å². The summed E-state index contributed by atoms with van der Waals surface area (Å²) in [6.45, 7) is -2.09. The molecule has 0 aliphatic heterocycles. The van der Waals surface area contributed by atoms with Gasteiger partial charge in [-0.25, -0.2) is 8.78 Å². The number of hydrogen-bond acceptors (Lipinski definition) is 2. The predicted molar refractivity (Wildman–Crippen MR) is 50.2 cm³/mol. The van der Waals surface area contributed by atoms with Crippen molar-refractivity contribution in [2.24, 2.45) is 0 Å². The number of aliphatic hydroxyl groups excluding tert-OH is 1. The molecular formula is C10H10F5NO. The lowest BCUT2D eigenvalue weighted by atomic mass is 10.1. The van der Waals surface area contributed by atoms with E-state index in [2.05, 4.69) is 0 Å². The first-order valence-electron chi connectivity index (χ1n) is 4.69. The molecule has 0 aliphatic rings. The monoisotopic (exact) mass is 255 g/mol. The van der Waals surface area contributed by atoms with Gasteiger partial charge in [-0.15, -0.1) is 0 Å². The van der Waals surface area contributed by atoms with Crippen LogP contribution in [0.25, 0.3) is 0 Å². The lowest BCUT2D eigenvalue weighted by molar-refractivity contribution is -0.126. The number of aliphatic hydroxyl groups is 1. The zero-order chi connectivity index (χ0) is 13.1. The van der Waals surface area contributed by atoms with E-state index in [1.807, 2.05) is 5.32 Å². The van der Waals surface area contributed by atoms with Gasteiger partial charge in [-0.05, 0) is 6.07 Å². The maximum Gasteiger partial charge on any atom is 0.401 e. The molecule has 0 spiro atoms. The van der Waals surface area contributed by atoms with Gasteiger partial charge in [0.25, 0.3) is 0 Å². The number of nitrogens with one attached hydrogen (secondary N) is 1. The average molecular weight is 255 g/mol. The van der Waals surface area contributed by atoms with E-state index < -0.39 is 37.0 Å². The molecule has 0 aromatic heterocycles. The van der Waals surface area contributed by atoms with Gasteiger partial charge in [0.1, 0.15) is 11.6 Å². The highest BCUT2D eigenvalue weighted by molar-refractivity contribution is 5.22. The highest BCUT2D eigenvalue weighted by Gasteiger charge is 2.28. The maximum atomic E-state index is 13.2. The smallest absolute Gasteiger partial charge is 0.394 e. The molecule has 0 aliphatic carbocycles. The van der Waals surface area contributed by atoms with Crippen molar-refractivity contribution in [1.82, 2.24) is 5.32 Å². The first kappa shape index (κ1) is 13.9. The third kappa shape index (κ3) is 4.27. The summed E-state index contributed by atoms with van der Waals surface area (Å²) >= 11 is 0. The van der Waals surface area contributed by atoms with Gasteiger partial charge in [-0.3, -0.25) is 5.32 Å². The summed E-state index contributed by atoms with van der Waals surface area (Å²) in [5.74, 6) is -1.84. The van der Waals surface area contributed by atoms with E-state index in [0.717, 1.165) is 12.1 Å². The summed E-state index contributed by atoms with van der Waals surface area (Å²) in [6.07, 6.45) is -4.47.